The predicted octanol–water partition coefficient (Wildman–Crippen LogP) is 3.85. The summed E-state index contributed by atoms with van der Waals surface area (Å²) in [5, 5.41) is 6.17. The SMILES string of the molecule is CCCCC[C@H](C)NC(=O)CN1C(=O)N[C@@](C)(c2ccc(Cl)cc2Cl)C1=O. The molecule has 1 aromatic rings. The number of hydrogen-bond donors (Lipinski definition) is 2. The average Bonchev–Trinajstić information content (AvgIpc) is 2.79. The van der Waals surface area contributed by atoms with Crippen molar-refractivity contribution in [1.29, 1.82) is 0 Å². The van der Waals surface area contributed by atoms with Crippen LogP contribution in [0.1, 0.15) is 52.0 Å². The third-order valence-electron chi connectivity index (χ3n) is 4.69. The highest BCUT2D eigenvalue weighted by atomic mass is 35.5. The van der Waals surface area contributed by atoms with Crippen molar-refractivity contribution in [1.82, 2.24) is 15.5 Å². The molecule has 148 valence electrons. The van der Waals surface area contributed by atoms with Gasteiger partial charge in [0.05, 0.1) is 0 Å². The minimum atomic E-state index is -1.34. The first-order chi connectivity index (χ1) is 12.7. The molecule has 1 heterocycles. The van der Waals surface area contributed by atoms with E-state index in [1.807, 2.05) is 6.92 Å². The molecule has 1 aliphatic heterocycles. The van der Waals surface area contributed by atoms with E-state index in [-0.39, 0.29) is 23.5 Å². The summed E-state index contributed by atoms with van der Waals surface area (Å²) < 4.78 is 0. The highest BCUT2D eigenvalue weighted by Gasteiger charge is 2.50. The molecule has 2 N–H and O–H groups in total. The Morgan fingerprint density at radius 2 is 2.00 bits per heavy atom. The molecule has 0 spiro atoms. The highest BCUT2D eigenvalue weighted by molar-refractivity contribution is 6.35. The molecule has 0 bridgehead atoms. The molecule has 1 aliphatic rings. The molecule has 2 rings (SSSR count). The summed E-state index contributed by atoms with van der Waals surface area (Å²) in [6.07, 6.45) is 4.09. The maximum absolute atomic E-state index is 12.9. The smallest absolute Gasteiger partial charge is 0.325 e. The summed E-state index contributed by atoms with van der Waals surface area (Å²) in [4.78, 5) is 38.4. The zero-order valence-electron chi connectivity index (χ0n) is 15.8. The number of carbonyl (C=O) groups is 3. The van der Waals surface area contributed by atoms with Crippen molar-refractivity contribution in [3.8, 4) is 0 Å². The normalized spacial score (nSPS) is 20.6. The summed E-state index contributed by atoms with van der Waals surface area (Å²) >= 11 is 12.1. The number of hydrogen-bond acceptors (Lipinski definition) is 3. The molecule has 1 saturated heterocycles. The van der Waals surface area contributed by atoms with Crippen molar-refractivity contribution < 1.29 is 14.4 Å². The highest BCUT2D eigenvalue weighted by Crippen LogP contribution is 2.34. The molecular formula is C19H25Cl2N3O3. The van der Waals surface area contributed by atoms with Crippen LogP contribution in [0.25, 0.3) is 0 Å². The summed E-state index contributed by atoms with van der Waals surface area (Å²) in [5.74, 6) is -0.889. The molecule has 8 heteroatoms. The van der Waals surface area contributed by atoms with Crippen molar-refractivity contribution in [3.05, 3.63) is 33.8 Å². The van der Waals surface area contributed by atoms with E-state index >= 15 is 0 Å². The number of imide groups is 1. The van der Waals surface area contributed by atoms with Crippen LogP contribution in [0, 0.1) is 0 Å². The van der Waals surface area contributed by atoms with E-state index in [0.717, 1.165) is 30.6 Å². The van der Waals surface area contributed by atoms with Gasteiger partial charge in [-0.3, -0.25) is 14.5 Å². The Balaban J connectivity index is 2.06. The van der Waals surface area contributed by atoms with Crippen LogP contribution in [0.15, 0.2) is 18.2 Å². The molecule has 6 nitrogen and oxygen atoms in total. The van der Waals surface area contributed by atoms with Gasteiger partial charge in [0.25, 0.3) is 5.91 Å². The number of rotatable bonds is 8. The van der Waals surface area contributed by atoms with Gasteiger partial charge in [0, 0.05) is 21.7 Å². The third kappa shape index (κ3) is 4.93. The second-order valence-electron chi connectivity index (χ2n) is 7.03. The van der Waals surface area contributed by atoms with Crippen LogP contribution >= 0.6 is 23.2 Å². The molecule has 1 aromatic carbocycles. The van der Waals surface area contributed by atoms with Crippen molar-refractivity contribution in [2.24, 2.45) is 0 Å². The minimum Gasteiger partial charge on any atom is -0.352 e. The third-order valence-corrected chi connectivity index (χ3v) is 5.24. The van der Waals surface area contributed by atoms with Crippen molar-refractivity contribution in [3.63, 3.8) is 0 Å². The fraction of sp³-hybridized carbons (Fsp3) is 0.526. The lowest BCUT2D eigenvalue weighted by Gasteiger charge is -2.23. The van der Waals surface area contributed by atoms with Gasteiger partial charge in [-0.15, -0.1) is 0 Å². The van der Waals surface area contributed by atoms with Crippen LogP contribution in [-0.4, -0.2) is 35.3 Å². The van der Waals surface area contributed by atoms with Gasteiger partial charge in [-0.1, -0.05) is 55.5 Å². The second-order valence-corrected chi connectivity index (χ2v) is 7.88. The topological polar surface area (TPSA) is 78.5 Å². The van der Waals surface area contributed by atoms with Gasteiger partial charge in [0.2, 0.25) is 5.91 Å². The molecule has 0 aromatic heterocycles. The van der Waals surface area contributed by atoms with Crippen LogP contribution in [0.3, 0.4) is 0 Å². The first-order valence-corrected chi connectivity index (χ1v) is 9.83. The minimum absolute atomic E-state index is 0.0121. The number of nitrogens with zero attached hydrogens (tertiary/aromatic N) is 1. The van der Waals surface area contributed by atoms with Crippen molar-refractivity contribution in [2.45, 2.75) is 58.0 Å². The number of urea groups is 1. The van der Waals surface area contributed by atoms with Gasteiger partial charge in [0.1, 0.15) is 12.1 Å². The molecular weight excluding hydrogens is 389 g/mol. The Labute approximate surface area is 169 Å². The fourth-order valence-corrected chi connectivity index (χ4v) is 3.75. The number of halogens is 2. The molecule has 0 radical (unpaired) electrons. The summed E-state index contributed by atoms with van der Waals surface area (Å²) in [5.41, 5.74) is -0.908. The zero-order chi connectivity index (χ0) is 20.2. The van der Waals surface area contributed by atoms with Gasteiger partial charge in [-0.2, -0.15) is 0 Å². The Morgan fingerprint density at radius 1 is 1.30 bits per heavy atom. The number of nitrogens with one attached hydrogen (secondary N) is 2. The lowest BCUT2D eigenvalue weighted by molar-refractivity contribution is -0.135. The largest absolute Gasteiger partial charge is 0.352 e. The van der Waals surface area contributed by atoms with E-state index in [1.54, 1.807) is 19.1 Å². The molecule has 27 heavy (non-hydrogen) atoms. The van der Waals surface area contributed by atoms with E-state index in [4.69, 9.17) is 23.2 Å². The first kappa shape index (κ1) is 21.5. The zero-order valence-corrected chi connectivity index (χ0v) is 17.3. The number of unbranched alkanes of at least 4 members (excludes halogenated alkanes) is 2. The number of benzene rings is 1. The summed E-state index contributed by atoms with van der Waals surface area (Å²) in [7, 11) is 0. The van der Waals surface area contributed by atoms with E-state index in [2.05, 4.69) is 17.6 Å². The Hall–Kier alpha value is -1.79. The van der Waals surface area contributed by atoms with Crippen LogP contribution in [0.4, 0.5) is 4.79 Å². The Bertz CT molecular complexity index is 741. The van der Waals surface area contributed by atoms with Crippen molar-refractivity contribution >= 4 is 41.0 Å². The standard InChI is InChI=1S/C19H25Cl2N3O3/c1-4-5-6-7-12(2)22-16(25)11-24-17(26)19(3,23-18(24)27)14-9-8-13(20)10-15(14)21/h8-10,12H,4-7,11H2,1-3H3,(H,22,25)(H,23,27)/t12-,19-/m0/s1. The lowest BCUT2D eigenvalue weighted by Crippen LogP contribution is -2.45. The van der Waals surface area contributed by atoms with E-state index < -0.39 is 17.5 Å². The van der Waals surface area contributed by atoms with Gasteiger partial charge < -0.3 is 10.6 Å². The van der Waals surface area contributed by atoms with Gasteiger partial charge >= 0.3 is 6.03 Å². The van der Waals surface area contributed by atoms with Crippen LogP contribution in [-0.2, 0) is 15.1 Å². The van der Waals surface area contributed by atoms with Gasteiger partial charge in [-0.05, 0) is 32.4 Å². The Morgan fingerprint density at radius 3 is 2.63 bits per heavy atom. The average molecular weight is 414 g/mol. The monoisotopic (exact) mass is 413 g/mol. The van der Waals surface area contributed by atoms with E-state index in [0.29, 0.717) is 10.6 Å². The second kappa shape index (κ2) is 8.93. The van der Waals surface area contributed by atoms with Gasteiger partial charge in [-0.25, -0.2) is 4.79 Å². The van der Waals surface area contributed by atoms with Crippen LogP contribution in [0.5, 0.6) is 0 Å². The molecule has 4 amide bonds. The molecule has 2 atom stereocenters. The Kier molecular flexibility index (Phi) is 7.12. The predicted molar refractivity (Wildman–Crippen MR) is 106 cm³/mol. The first-order valence-electron chi connectivity index (χ1n) is 9.08. The number of carbonyl (C=O) groups excluding carboxylic acids is 3. The molecule has 0 aliphatic carbocycles. The maximum atomic E-state index is 12.9. The molecule has 1 fully saturated rings. The molecule has 0 saturated carbocycles. The molecule has 0 unspecified atom stereocenters. The van der Waals surface area contributed by atoms with E-state index in [9.17, 15) is 14.4 Å². The maximum Gasteiger partial charge on any atom is 0.325 e. The van der Waals surface area contributed by atoms with Crippen LogP contribution < -0.4 is 10.6 Å². The number of amides is 4. The van der Waals surface area contributed by atoms with Crippen molar-refractivity contribution in [2.75, 3.05) is 6.54 Å². The quantitative estimate of drug-likeness (QED) is 0.501. The fourth-order valence-electron chi connectivity index (χ4n) is 3.15. The summed E-state index contributed by atoms with van der Waals surface area (Å²) in [6.45, 7) is 5.26. The van der Waals surface area contributed by atoms with Gasteiger partial charge in [0.15, 0.2) is 0 Å². The van der Waals surface area contributed by atoms with E-state index in [1.165, 1.54) is 6.07 Å². The summed E-state index contributed by atoms with van der Waals surface area (Å²) in [6, 6.07) is 4.07. The lowest BCUT2D eigenvalue weighted by atomic mass is 9.92. The van der Waals surface area contributed by atoms with Crippen LogP contribution in [0.2, 0.25) is 10.0 Å².